The van der Waals surface area contributed by atoms with E-state index in [2.05, 4.69) is 14.7 Å². The molecule has 1 aromatic heterocycles. The van der Waals surface area contributed by atoms with Crippen LogP contribution in [0.3, 0.4) is 0 Å². The highest BCUT2D eigenvalue weighted by Crippen LogP contribution is 2.26. The van der Waals surface area contributed by atoms with Crippen LogP contribution in [0.5, 0.6) is 5.75 Å². The molecular formula is C16H13ClN2O3. The zero-order valence-corrected chi connectivity index (χ0v) is 12.6. The number of halogens is 1. The number of carbonyl (C=O) groups excluding carboxylic acids is 1. The number of carbonyl (C=O) groups is 1. The predicted octanol–water partition coefficient (Wildman–Crippen LogP) is 3.44. The molecule has 0 spiro atoms. The molecule has 0 unspecified atom stereocenters. The number of nitrogens with one attached hydrogen (secondary N) is 1. The van der Waals surface area contributed by atoms with E-state index in [1.165, 1.54) is 7.11 Å². The smallest absolute Gasteiger partial charge is 0.343 e. The molecule has 1 heterocycles. The van der Waals surface area contributed by atoms with E-state index >= 15 is 0 Å². The number of hydrogen-bond acceptors (Lipinski definition) is 4. The molecule has 6 heteroatoms. The Morgan fingerprint density at radius 3 is 2.68 bits per heavy atom. The van der Waals surface area contributed by atoms with E-state index in [9.17, 15) is 4.79 Å². The van der Waals surface area contributed by atoms with Gasteiger partial charge in [-0.2, -0.15) is 0 Å². The number of methoxy groups -OCH3 is 1. The summed E-state index contributed by atoms with van der Waals surface area (Å²) in [6.45, 7) is -0.115. The van der Waals surface area contributed by atoms with Crippen molar-refractivity contribution in [3.05, 3.63) is 47.5 Å². The Kier molecular flexibility index (Phi) is 3.98. The molecule has 0 fully saturated rings. The number of nitrogens with zero attached hydrogens (tertiary/aromatic N) is 1. The van der Waals surface area contributed by atoms with E-state index in [-0.39, 0.29) is 6.61 Å². The number of rotatable bonds is 4. The Bertz CT molecular complexity index is 812. The fraction of sp³-hybridized carbons (Fsp3) is 0.125. The minimum absolute atomic E-state index is 0.115. The number of benzene rings is 2. The zero-order chi connectivity index (χ0) is 15.5. The monoisotopic (exact) mass is 316 g/mol. The third kappa shape index (κ3) is 2.89. The molecular weight excluding hydrogens is 304 g/mol. The maximum Gasteiger partial charge on any atom is 0.343 e. The minimum atomic E-state index is -0.420. The number of aromatic nitrogens is 2. The van der Waals surface area contributed by atoms with Gasteiger partial charge in [0.25, 0.3) is 0 Å². The summed E-state index contributed by atoms with van der Waals surface area (Å²) in [5, 5.41) is 0.609. The van der Waals surface area contributed by atoms with Gasteiger partial charge in [-0.3, -0.25) is 0 Å². The van der Waals surface area contributed by atoms with Gasteiger partial charge in [0.1, 0.15) is 17.1 Å². The summed E-state index contributed by atoms with van der Waals surface area (Å²) < 4.78 is 9.82. The molecule has 5 nitrogen and oxygen atoms in total. The van der Waals surface area contributed by atoms with Gasteiger partial charge in [0.15, 0.2) is 6.61 Å². The van der Waals surface area contributed by atoms with E-state index in [1.807, 2.05) is 24.3 Å². The van der Waals surface area contributed by atoms with Crippen molar-refractivity contribution in [2.24, 2.45) is 0 Å². The van der Waals surface area contributed by atoms with Crippen LogP contribution in [0.1, 0.15) is 0 Å². The molecule has 112 valence electrons. The Morgan fingerprint density at radius 2 is 2.00 bits per heavy atom. The number of ether oxygens (including phenoxy) is 2. The first-order valence-electron chi connectivity index (χ1n) is 6.61. The Balaban J connectivity index is 1.82. The first-order chi connectivity index (χ1) is 10.7. The molecule has 3 aromatic rings. The summed E-state index contributed by atoms with van der Waals surface area (Å²) in [6.07, 6.45) is 0. The fourth-order valence-electron chi connectivity index (χ4n) is 2.04. The average Bonchev–Trinajstić information content (AvgIpc) is 2.98. The summed E-state index contributed by atoms with van der Waals surface area (Å²) in [5.74, 6) is 0.891. The lowest BCUT2D eigenvalue weighted by Crippen LogP contribution is -2.12. The summed E-state index contributed by atoms with van der Waals surface area (Å²) in [7, 11) is 1.32. The summed E-state index contributed by atoms with van der Waals surface area (Å²) in [6, 6.07) is 12.9. The number of H-pyrrole nitrogens is 1. The van der Waals surface area contributed by atoms with E-state index in [0.29, 0.717) is 10.8 Å². The number of hydrogen-bond donors (Lipinski definition) is 1. The number of fused-ring (bicyclic) bond motifs is 1. The second kappa shape index (κ2) is 6.07. The van der Waals surface area contributed by atoms with Crippen molar-refractivity contribution in [2.45, 2.75) is 0 Å². The van der Waals surface area contributed by atoms with Crippen molar-refractivity contribution in [1.82, 2.24) is 9.97 Å². The SMILES string of the molecule is COC(=O)COc1ccc(-c2nc3c(Cl)cccc3[nH]2)cc1. The molecule has 0 bridgehead atoms. The summed E-state index contributed by atoms with van der Waals surface area (Å²) in [4.78, 5) is 18.7. The number of esters is 1. The minimum Gasteiger partial charge on any atom is -0.482 e. The largest absolute Gasteiger partial charge is 0.482 e. The van der Waals surface area contributed by atoms with Crippen molar-refractivity contribution in [3.63, 3.8) is 0 Å². The van der Waals surface area contributed by atoms with Crippen molar-refractivity contribution < 1.29 is 14.3 Å². The molecule has 22 heavy (non-hydrogen) atoms. The fourth-order valence-corrected chi connectivity index (χ4v) is 2.26. The van der Waals surface area contributed by atoms with Crippen LogP contribution in [0.2, 0.25) is 5.02 Å². The molecule has 0 aliphatic heterocycles. The first kappa shape index (κ1) is 14.4. The van der Waals surface area contributed by atoms with E-state index in [4.69, 9.17) is 16.3 Å². The van der Waals surface area contributed by atoms with Gasteiger partial charge in [-0.1, -0.05) is 17.7 Å². The summed E-state index contributed by atoms with van der Waals surface area (Å²) in [5.41, 5.74) is 2.52. The Labute approximate surface area is 131 Å². The lowest BCUT2D eigenvalue weighted by atomic mass is 10.2. The third-order valence-corrected chi connectivity index (χ3v) is 3.48. The average molecular weight is 317 g/mol. The molecule has 0 saturated carbocycles. The number of imidazole rings is 1. The van der Waals surface area contributed by atoms with Crippen LogP contribution in [-0.4, -0.2) is 29.7 Å². The van der Waals surface area contributed by atoms with Gasteiger partial charge >= 0.3 is 5.97 Å². The van der Waals surface area contributed by atoms with Gasteiger partial charge in [0, 0.05) is 5.56 Å². The van der Waals surface area contributed by atoms with Crippen LogP contribution in [0.4, 0.5) is 0 Å². The molecule has 0 amide bonds. The van der Waals surface area contributed by atoms with E-state index in [1.54, 1.807) is 18.2 Å². The van der Waals surface area contributed by atoms with Crippen molar-refractivity contribution in [3.8, 4) is 17.1 Å². The van der Waals surface area contributed by atoms with Crippen LogP contribution in [0.15, 0.2) is 42.5 Å². The maximum atomic E-state index is 11.0. The van der Waals surface area contributed by atoms with Crippen LogP contribution >= 0.6 is 11.6 Å². The maximum absolute atomic E-state index is 11.0. The molecule has 1 N–H and O–H groups in total. The Morgan fingerprint density at radius 1 is 1.23 bits per heavy atom. The van der Waals surface area contributed by atoms with Crippen molar-refractivity contribution >= 4 is 28.6 Å². The highest BCUT2D eigenvalue weighted by Gasteiger charge is 2.08. The quantitative estimate of drug-likeness (QED) is 0.749. The molecule has 0 radical (unpaired) electrons. The van der Waals surface area contributed by atoms with Gasteiger partial charge in [-0.15, -0.1) is 0 Å². The third-order valence-electron chi connectivity index (χ3n) is 3.18. The second-order valence-corrected chi connectivity index (χ2v) is 5.02. The topological polar surface area (TPSA) is 64.2 Å². The summed E-state index contributed by atoms with van der Waals surface area (Å²) >= 11 is 6.12. The van der Waals surface area contributed by atoms with Crippen molar-refractivity contribution in [2.75, 3.05) is 13.7 Å². The normalized spacial score (nSPS) is 10.6. The molecule has 0 aliphatic rings. The van der Waals surface area contributed by atoms with Crippen molar-refractivity contribution in [1.29, 1.82) is 0 Å². The van der Waals surface area contributed by atoms with Gasteiger partial charge in [0.05, 0.1) is 17.6 Å². The number of para-hydroxylation sites is 1. The molecule has 0 atom stereocenters. The Hall–Kier alpha value is -2.53. The molecule has 0 aliphatic carbocycles. The number of aromatic amines is 1. The van der Waals surface area contributed by atoms with Gasteiger partial charge < -0.3 is 14.5 Å². The van der Waals surface area contributed by atoms with Gasteiger partial charge in [-0.25, -0.2) is 9.78 Å². The van der Waals surface area contributed by atoms with Crippen LogP contribution < -0.4 is 4.74 Å². The first-order valence-corrected chi connectivity index (χ1v) is 6.99. The van der Waals surface area contributed by atoms with E-state index in [0.717, 1.165) is 22.4 Å². The molecule has 2 aromatic carbocycles. The lowest BCUT2D eigenvalue weighted by molar-refractivity contribution is -0.142. The van der Waals surface area contributed by atoms with Crippen LogP contribution in [-0.2, 0) is 9.53 Å². The van der Waals surface area contributed by atoms with Crippen LogP contribution in [0.25, 0.3) is 22.4 Å². The standard InChI is InChI=1S/C16H13ClN2O3/c1-21-14(20)9-22-11-7-5-10(6-8-11)16-18-13-4-2-3-12(17)15(13)19-16/h2-8H,9H2,1H3,(H,18,19). The second-order valence-electron chi connectivity index (χ2n) is 4.61. The van der Waals surface area contributed by atoms with Gasteiger partial charge in [-0.05, 0) is 36.4 Å². The van der Waals surface area contributed by atoms with E-state index < -0.39 is 5.97 Å². The highest BCUT2D eigenvalue weighted by atomic mass is 35.5. The highest BCUT2D eigenvalue weighted by molar-refractivity contribution is 6.34. The van der Waals surface area contributed by atoms with Crippen LogP contribution in [0, 0.1) is 0 Å². The zero-order valence-electron chi connectivity index (χ0n) is 11.8. The molecule has 0 saturated heterocycles. The lowest BCUT2D eigenvalue weighted by Gasteiger charge is -2.05. The van der Waals surface area contributed by atoms with Gasteiger partial charge in [0.2, 0.25) is 0 Å². The molecule has 3 rings (SSSR count). The predicted molar refractivity (Wildman–Crippen MR) is 84.1 cm³/mol.